The highest BCUT2D eigenvalue weighted by atomic mass is 19.1. The van der Waals surface area contributed by atoms with Gasteiger partial charge in [-0.3, -0.25) is 4.90 Å². The lowest BCUT2D eigenvalue weighted by Crippen LogP contribution is -2.42. The fourth-order valence-electron chi connectivity index (χ4n) is 4.08. The van der Waals surface area contributed by atoms with E-state index in [9.17, 15) is 9.50 Å². The Morgan fingerprint density at radius 2 is 1.93 bits per heavy atom. The van der Waals surface area contributed by atoms with E-state index in [1.165, 1.54) is 11.6 Å². The maximum atomic E-state index is 14.1. The molecule has 0 amide bonds. The first-order valence-electron chi connectivity index (χ1n) is 9.89. The Labute approximate surface area is 170 Å². The van der Waals surface area contributed by atoms with E-state index in [2.05, 4.69) is 22.0 Å². The van der Waals surface area contributed by atoms with Gasteiger partial charge in [0.05, 0.1) is 25.6 Å². The van der Waals surface area contributed by atoms with Gasteiger partial charge in [-0.25, -0.2) is 9.37 Å². The van der Waals surface area contributed by atoms with Crippen LogP contribution in [0.25, 0.3) is 0 Å². The lowest BCUT2D eigenvalue weighted by Gasteiger charge is -2.38. The van der Waals surface area contributed by atoms with Crippen molar-refractivity contribution in [1.82, 2.24) is 14.5 Å². The summed E-state index contributed by atoms with van der Waals surface area (Å²) in [7, 11) is 1.68. The summed E-state index contributed by atoms with van der Waals surface area (Å²) in [6.45, 7) is 2.92. The predicted molar refractivity (Wildman–Crippen MR) is 109 cm³/mol. The molecule has 152 valence electrons. The van der Waals surface area contributed by atoms with Crippen LogP contribution < -0.4 is 4.74 Å². The summed E-state index contributed by atoms with van der Waals surface area (Å²) in [6, 6.07) is 12.8. The molecule has 0 radical (unpaired) electrons. The van der Waals surface area contributed by atoms with Crippen molar-refractivity contribution in [2.75, 3.05) is 20.2 Å². The van der Waals surface area contributed by atoms with Crippen molar-refractivity contribution in [2.45, 2.75) is 31.5 Å². The number of likely N-dealkylation sites (tertiary alicyclic amines) is 1. The molecule has 5 nitrogen and oxygen atoms in total. The van der Waals surface area contributed by atoms with Crippen LogP contribution in [0.1, 0.15) is 29.5 Å². The molecule has 2 aromatic carbocycles. The predicted octanol–water partition coefficient (Wildman–Crippen LogP) is 3.56. The highest BCUT2D eigenvalue weighted by molar-refractivity contribution is 5.37. The molecule has 1 N–H and O–H groups in total. The van der Waals surface area contributed by atoms with E-state index in [1.807, 2.05) is 16.8 Å². The molecule has 0 atom stereocenters. The Morgan fingerprint density at radius 1 is 1.14 bits per heavy atom. The van der Waals surface area contributed by atoms with Crippen molar-refractivity contribution in [3.05, 3.63) is 83.7 Å². The van der Waals surface area contributed by atoms with Crippen molar-refractivity contribution >= 4 is 0 Å². The quantitative estimate of drug-likeness (QED) is 0.693. The van der Waals surface area contributed by atoms with Crippen LogP contribution in [0.5, 0.6) is 5.75 Å². The van der Waals surface area contributed by atoms with Crippen LogP contribution >= 0.6 is 0 Å². The van der Waals surface area contributed by atoms with Crippen LogP contribution in [-0.4, -0.2) is 39.8 Å². The van der Waals surface area contributed by atoms with Gasteiger partial charge in [-0.05, 0) is 36.6 Å². The third kappa shape index (κ3) is 4.33. The fraction of sp³-hybridized carbons (Fsp3) is 0.348. The minimum Gasteiger partial charge on any atom is -0.496 e. The number of halogens is 1. The number of aromatic nitrogens is 2. The Kier molecular flexibility index (Phi) is 5.65. The number of ether oxygens (including phenoxy) is 1. The summed E-state index contributed by atoms with van der Waals surface area (Å²) < 4.78 is 21.7. The number of benzene rings is 2. The van der Waals surface area contributed by atoms with Gasteiger partial charge in [-0.15, -0.1) is 0 Å². The van der Waals surface area contributed by atoms with E-state index < -0.39 is 5.60 Å². The van der Waals surface area contributed by atoms with Gasteiger partial charge in [0.2, 0.25) is 0 Å². The lowest BCUT2D eigenvalue weighted by atomic mass is 9.84. The topological polar surface area (TPSA) is 50.5 Å². The summed E-state index contributed by atoms with van der Waals surface area (Å²) in [4.78, 5) is 6.40. The van der Waals surface area contributed by atoms with Crippen LogP contribution in [0.2, 0.25) is 0 Å². The van der Waals surface area contributed by atoms with Crippen LogP contribution in [-0.2, 0) is 18.7 Å². The Hall–Kier alpha value is -2.70. The number of imidazole rings is 1. The van der Waals surface area contributed by atoms with Gasteiger partial charge in [0.25, 0.3) is 0 Å². The average Bonchev–Trinajstić information content (AvgIpc) is 3.23. The third-order valence-electron chi connectivity index (χ3n) is 5.72. The van der Waals surface area contributed by atoms with Gasteiger partial charge in [0, 0.05) is 43.2 Å². The summed E-state index contributed by atoms with van der Waals surface area (Å²) in [5.74, 6) is 0.526. The summed E-state index contributed by atoms with van der Waals surface area (Å²) in [5.41, 5.74) is 1.61. The van der Waals surface area contributed by atoms with Crippen LogP contribution in [0.3, 0.4) is 0 Å². The van der Waals surface area contributed by atoms with E-state index >= 15 is 0 Å². The number of nitrogens with zero attached hydrogens (tertiary/aromatic N) is 3. The van der Waals surface area contributed by atoms with Gasteiger partial charge in [0.15, 0.2) is 0 Å². The molecule has 0 bridgehead atoms. The van der Waals surface area contributed by atoms with E-state index in [4.69, 9.17) is 4.74 Å². The number of aliphatic hydroxyl groups is 1. The minimum atomic E-state index is -1.09. The molecule has 1 fully saturated rings. The first-order chi connectivity index (χ1) is 14.1. The molecule has 4 rings (SSSR count). The van der Waals surface area contributed by atoms with Crippen LogP contribution in [0.15, 0.2) is 61.2 Å². The Bertz CT molecular complexity index is 951. The normalized spacial score (nSPS) is 16.7. The average molecular weight is 395 g/mol. The highest BCUT2D eigenvalue weighted by Gasteiger charge is 2.35. The van der Waals surface area contributed by atoms with Gasteiger partial charge >= 0.3 is 0 Å². The van der Waals surface area contributed by atoms with Gasteiger partial charge < -0.3 is 14.4 Å². The molecule has 1 saturated heterocycles. The van der Waals surface area contributed by atoms with E-state index in [0.29, 0.717) is 38.0 Å². The molecule has 1 aliphatic heterocycles. The monoisotopic (exact) mass is 395 g/mol. The Balaban J connectivity index is 1.43. The van der Waals surface area contributed by atoms with Crippen molar-refractivity contribution in [3.63, 3.8) is 0 Å². The molecule has 6 heteroatoms. The molecular formula is C23H26FN3O2. The first kappa shape index (κ1) is 19.6. The number of piperidine rings is 1. The number of hydrogen-bond donors (Lipinski definition) is 1. The molecule has 29 heavy (non-hydrogen) atoms. The SMILES string of the molecule is COc1ccc(CN2CCC(O)(c3ccccc3F)CC2)cc1Cn1ccnc1. The maximum Gasteiger partial charge on any atom is 0.129 e. The molecule has 1 aliphatic rings. The maximum absolute atomic E-state index is 14.1. The van der Waals surface area contributed by atoms with Gasteiger partial charge in [0.1, 0.15) is 11.6 Å². The summed E-state index contributed by atoms with van der Waals surface area (Å²) >= 11 is 0. The number of methoxy groups -OCH3 is 1. The zero-order valence-electron chi connectivity index (χ0n) is 16.6. The summed E-state index contributed by atoms with van der Waals surface area (Å²) in [6.07, 6.45) is 6.53. The fourth-order valence-corrected chi connectivity index (χ4v) is 4.08. The second-order valence-corrected chi connectivity index (χ2v) is 7.67. The molecule has 0 saturated carbocycles. The zero-order chi connectivity index (χ0) is 20.3. The number of hydrogen-bond acceptors (Lipinski definition) is 4. The second-order valence-electron chi connectivity index (χ2n) is 7.67. The van der Waals surface area contributed by atoms with Crippen LogP contribution in [0, 0.1) is 5.82 Å². The minimum absolute atomic E-state index is 0.331. The highest BCUT2D eigenvalue weighted by Crippen LogP contribution is 2.34. The molecule has 2 heterocycles. The van der Waals surface area contributed by atoms with E-state index in [1.54, 1.807) is 37.8 Å². The molecular weight excluding hydrogens is 369 g/mol. The van der Waals surface area contributed by atoms with Crippen molar-refractivity contribution in [1.29, 1.82) is 0 Å². The summed E-state index contributed by atoms with van der Waals surface area (Å²) in [5, 5.41) is 11.0. The lowest BCUT2D eigenvalue weighted by molar-refractivity contribution is -0.0302. The van der Waals surface area contributed by atoms with Gasteiger partial charge in [-0.2, -0.15) is 0 Å². The van der Waals surface area contributed by atoms with Crippen LogP contribution in [0.4, 0.5) is 4.39 Å². The standard InChI is InChI=1S/C23H26FN3O2/c1-29-22-7-6-18(14-19(22)16-27-13-10-25-17-27)15-26-11-8-23(28,9-12-26)20-4-2-3-5-21(20)24/h2-7,10,13-14,17,28H,8-9,11-12,15-16H2,1H3. The molecule has 1 aromatic heterocycles. The smallest absolute Gasteiger partial charge is 0.129 e. The van der Waals surface area contributed by atoms with Gasteiger partial charge in [-0.1, -0.05) is 24.3 Å². The van der Waals surface area contributed by atoms with Crippen molar-refractivity contribution in [3.8, 4) is 5.75 Å². The van der Waals surface area contributed by atoms with Crippen molar-refractivity contribution in [2.24, 2.45) is 0 Å². The van der Waals surface area contributed by atoms with E-state index in [-0.39, 0.29) is 5.82 Å². The molecule has 3 aromatic rings. The second kappa shape index (κ2) is 8.35. The third-order valence-corrected chi connectivity index (χ3v) is 5.72. The molecule has 0 spiro atoms. The first-order valence-corrected chi connectivity index (χ1v) is 9.89. The Morgan fingerprint density at radius 3 is 2.62 bits per heavy atom. The molecule has 0 aliphatic carbocycles. The zero-order valence-corrected chi connectivity index (χ0v) is 16.6. The number of rotatable bonds is 6. The largest absolute Gasteiger partial charge is 0.496 e. The molecule has 0 unspecified atom stereocenters. The van der Waals surface area contributed by atoms with Crippen molar-refractivity contribution < 1.29 is 14.2 Å². The van der Waals surface area contributed by atoms with E-state index in [0.717, 1.165) is 17.9 Å².